The Morgan fingerprint density at radius 2 is 1.74 bits per heavy atom. The van der Waals surface area contributed by atoms with Crippen molar-refractivity contribution in [2.24, 2.45) is 0 Å². The molecule has 2 aliphatic rings. The molecule has 3 aromatic carbocycles. The van der Waals surface area contributed by atoms with Crippen LogP contribution in [0.5, 0.6) is 11.5 Å². The first kappa shape index (κ1) is 22.2. The molecule has 3 N–H and O–H groups in total. The third kappa shape index (κ3) is 5.00. The second-order valence-corrected chi connectivity index (χ2v) is 10.3. The van der Waals surface area contributed by atoms with Crippen molar-refractivity contribution < 1.29 is 22.7 Å². The molecule has 8 nitrogen and oxygen atoms in total. The maximum atomic E-state index is 12.9. The fourth-order valence-corrected chi connectivity index (χ4v) is 5.37. The number of benzene rings is 3. The lowest BCUT2D eigenvalue weighted by Gasteiger charge is -2.26. The Morgan fingerprint density at radius 1 is 0.971 bits per heavy atom. The molecular formula is C25H25N3O5S. The Labute approximate surface area is 198 Å². The van der Waals surface area contributed by atoms with Gasteiger partial charge in [-0.1, -0.05) is 30.3 Å². The second-order valence-electron chi connectivity index (χ2n) is 8.32. The molecule has 1 unspecified atom stereocenters. The average molecular weight is 480 g/mol. The number of sulfone groups is 1. The van der Waals surface area contributed by atoms with Gasteiger partial charge in [0, 0.05) is 18.8 Å². The first-order valence-electron chi connectivity index (χ1n) is 11.0. The molecule has 34 heavy (non-hydrogen) atoms. The van der Waals surface area contributed by atoms with Crippen molar-refractivity contribution in [3.63, 3.8) is 0 Å². The van der Waals surface area contributed by atoms with Crippen LogP contribution in [0.3, 0.4) is 0 Å². The lowest BCUT2D eigenvalue weighted by molar-refractivity contribution is 0.0922. The van der Waals surface area contributed by atoms with Gasteiger partial charge in [-0.05, 0) is 53.1 Å². The van der Waals surface area contributed by atoms with Gasteiger partial charge in [0.1, 0.15) is 6.61 Å². The summed E-state index contributed by atoms with van der Waals surface area (Å²) in [6.45, 7) is 2.19. The van der Waals surface area contributed by atoms with Crippen molar-refractivity contribution in [1.29, 1.82) is 0 Å². The highest BCUT2D eigenvalue weighted by molar-refractivity contribution is 7.90. The summed E-state index contributed by atoms with van der Waals surface area (Å²) in [5.74, 6) is 1.26. The number of carbonyl (C=O) groups excluding carboxylic acids is 1. The maximum Gasteiger partial charge on any atom is 0.319 e. The van der Waals surface area contributed by atoms with E-state index in [1.165, 1.54) is 17.7 Å². The van der Waals surface area contributed by atoms with Gasteiger partial charge in [0.2, 0.25) is 0 Å². The van der Waals surface area contributed by atoms with Crippen LogP contribution < -0.4 is 25.4 Å². The standard InChI is InChI=1S/C25H25N3O5S/c29-25(27-14-21-15-32-23-3-1-2-4-24(23)33-21)28-20-7-9-22(10-8-20)34(30,31)16-17-5-6-18-12-26-13-19(18)11-17/h1-11,21,26H,12-16H2,(H2,27,28,29). The molecular weight excluding hydrogens is 454 g/mol. The second kappa shape index (κ2) is 9.36. The number of hydrogen-bond donors (Lipinski definition) is 3. The van der Waals surface area contributed by atoms with Gasteiger partial charge in [0.25, 0.3) is 0 Å². The van der Waals surface area contributed by atoms with Crippen molar-refractivity contribution >= 4 is 21.6 Å². The Hall–Kier alpha value is -3.56. The van der Waals surface area contributed by atoms with Gasteiger partial charge < -0.3 is 25.4 Å². The van der Waals surface area contributed by atoms with Crippen LogP contribution in [0.2, 0.25) is 0 Å². The van der Waals surface area contributed by atoms with Crippen LogP contribution in [0.25, 0.3) is 0 Å². The molecule has 0 radical (unpaired) electrons. The van der Waals surface area contributed by atoms with Crippen molar-refractivity contribution in [3.05, 3.63) is 83.4 Å². The first-order chi connectivity index (χ1) is 16.5. The van der Waals surface area contributed by atoms with E-state index in [4.69, 9.17) is 9.47 Å². The molecule has 9 heteroatoms. The van der Waals surface area contributed by atoms with Gasteiger partial charge >= 0.3 is 6.03 Å². The van der Waals surface area contributed by atoms with E-state index in [0.717, 1.165) is 24.2 Å². The highest BCUT2D eigenvalue weighted by Gasteiger charge is 2.21. The molecule has 0 fully saturated rings. The van der Waals surface area contributed by atoms with Crippen LogP contribution in [0.15, 0.2) is 71.6 Å². The number of carbonyl (C=O) groups is 1. The number of amides is 2. The van der Waals surface area contributed by atoms with Crippen LogP contribution in [0.4, 0.5) is 10.5 Å². The molecule has 3 aromatic rings. The highest BCUT2D eigenvalue weighted by atomic mass is 32.2. The number of nitrogens with one attached hydrogen (secondary N) is 3. The zero-order chi connectivity index (χ0) is 23.5. The maximum absolute atomic E-state index is 12.9. The molecule has 2 heterocycles. The summed E-state index contributed by atoms with van der Waals surface area (Å²) in [5, 5.41) is 8.72. The minimum atomic E-state index is -3.50. The number of rotatable bonds is 6. The van der Waals surface area contributed by atoms with Gasteiger partial charge in [-0.3, -0.25) is 0 Å². The third-order valence-corrected chi connectivity index (χ3v) is 7.49. The van der Waals surface area contributed by atoms with Crippen LogP contribution >= 0.6 is 0 Å². The van der Waals surface area contributed by atoms with Crippen LogP contribution in [0.1, 0.15) is 16.7 Å². The van der Waals surface area contributed by atoms with E-state index in [1.807, 2.05) is 42.5 Å². The van der Waals surface area contributed by atoms with Gasteiger partial charge in [-0.15, -0.1) is 0 Å². The summed E-state index contributed by atoms with van der Waals surface area (Å²) in [4.78, 5) is 12.5. The number of urea groups is 1. The molecule has 0 spiro atoms. The molecule has 0 aromatic heterocycles. The predicted molar refractivity (Wildman–Crippen MR) is 128 cm³/mol. The van der Waals surface area contributed by atoms with Crippen LogP contribution in [-0.4, -0.2) is 33.7 Å². The summed E-state index contributed by atoms with van der Waals surface area (Å²) in [7, 11) is -3.50. The van der Waals surface area contributed by atoms with Crippen molar-refractivity contribution in [2.75, 3.05) is 18.5 Å². The van der Waals surface area contributed by atoms with E-state index in [-0.39, 0.29) is 23.3 Å². The fourth-order valence-electron chi connectivity index (χ4n) is 4.03. The average Bonchev–Trinajstić information content (AvgIpc) is 3.31. The highest BCUT2D eigenvalue weighted by Crippen LogP contribution is 2.30. The summed E-state index contributed by atoms with van der Waals surface area (Å²) in [5.41, 5.74) is 3.61. The van der Waals surface area contributed by atoms with E-state index in [9.17, 15) is 13.2 Å². The molecule has 0 bridgehead atoms. The van der Waals surface area contributed by atoms with Gasteiger partial charge in [0.05, 0.1) is 17.2 Å². The number of hydrogen-bond acceptors (Lipinski definition) is 6. The molecule has 2 aliphatic heterocycles. The fraction of sp³-hybridized carbons (Fsp3) is 0.240. The Balaban J connectivity index is 1.14. The van der Waals surface area contributed by atoms with Gasteiger partial charge in [-0.2, -0.15) is 0 Å². The topological polar surface area (TPSA) is 106 Å². The quantitative estimate of drug-likeness (QED) is 0.501. The van der Waals surface area contributed by atoms with Gasteiger partial charge in [0.15, 0.2) is 27.4 Å². The first-order valence-corrected chi connectivity index (χ1v) is 12.7. The smallest absolute Gasteiger partial charge is 0.319 e. The number of fused-ring (bicyclic) bond motifs is 2. The van der Waals surface area contributed by atoms with Crippen LogP contribution in [-0.2, 0) is 28.7 Å². The zero-order valence-electron chi connectivity index (χ0n) is 18.4. The van der Waals surface area contributed by atoms with E-state index in [0.29, 0.717) is 23.8 Å². The minimum Gasteiger partial charge on any atom is -0.486 e. The largest absolute Gasteiger partial charge is 0.486 e. The molecule has 0 saturated carbocycles. The molecule has 2 amide bonds. The third-order valence-electron chi connectivity index (χ3n) is 5.79. The monoisotopic (exact) mass is 479 g/mol. The van der Waals surface area contributed by atoms with E-state index >= 15 is 0 Å². The van der Waals surface area contributed by atoms with Crippen LogP contribution in [0, 0.1) is 0 Å². The van der Waals surface area contributed by atoms with E-state index in [1.54, 1.807) is 12.1 Å². The van der Waals surface area contributed by atoms with Crippen molar-refractivity contribution in [3.8, 4) is 11.5 Å². The lowest BCUT2D eigenvalue weighted by atomic mass is 10.1. The summed E-state index contributed by atoms with van der Waals surface area (Å²) in [6, 6.07) is 18.9. The number of ether oxygens (including phenoxy) is 2. The van der Waals surface area contributed by atoms with Gasteiger partial charge in [-0.25, -0.2) is 13.2 Å². The lowest BCUT2D eigenvalue weighted by Crippen LogP contribution is -2.42. The van der Waals surface area contributed by atoms with E-state index in [2.05, 4.69) is 16.0 Å². The Morgan fingerprint density at radius 3 is 2.56 bits per heavy atom. The van der Waals surface area contributed by atoms with Crippen molar-refractivity contribution in [1.82, 2.24) is 10.6 Å². The normalized spacial score (nSPS) is 16.5. The summed E-state index contributed by atoms with van der Waals surface area (Å²) < 4.78 is 37.2. The van der Waals surface area contributed by atoms with Crippen molar-refractivity contribution in [2.45, 2.75) is 29.8 Å². The SMILES string of the molecule is O=C(NCC1COc2ccccc2O1)Nc1ccc(S(=O)(=O)Cc2ccc3c(c2)CNC3)cc1. The summed E-state index contributed by atoms with van der Waals surface area (Å²) in [6.07, 6.45) is -0.303. The minimum absolute atomic E-state index is 0.0693. The number of anilines is 1. The van der Waals surface area contributed by atoms with E-state index < -0.39 is 15.9 Å². The molecule has 5 rings (SSSR count). The number of para-hydroxylation sites is 2. The molecule has 0 aliphatic carbocycles. The molecule has 0 saturated heterocycles. The Bertz CT molecular complexity index is 1310. The molecule has 1 atom stereocenters. The predicted octanol–water partition coefficient (Wildman–Crippen LogP) is 3.23. The molecule has 176 valence electrons. The Kier molecular flexibility index (Phi) is 6.12. The summed E-state index contributed by atoms with van der Waals surface area (Å²) >= 11 is 0. The zero-order valence-corrected chi connectivity index (χ0v) is 19.2.